The molecule has 2 heterocycles. The van der Waals surface area contributed by atoms with Crippen LogP contribution < -0.4 is 4.90 Å². The first kappa shape index (κ1) is 33.0. The normalized spacial score (nSPS) is 18.9. The highest BCUT2D eigenvalue weighted by Crippen LogP contribution is 2.49. The van der Waals surface area contributed by atoms with Crippen molar-refractivity contribution in [3.63, 3.8) is 0 Å². The number of alkyl halides is 1. The second-order valence-corrected chi connectivity index (χ2v) is 14.7. The van der Waals surface area contributed by atoms with Crippen molar-refractivity contribution in [2.24, 2.45) is 0 Å². The lowest BCUT2D eigenvalue weighted by atomic mass is 9.77. The van der Waals surface area contributed by atoms with Gasteiger partial charge in [0.25, 0.3) is 0 Å². The topological polar surface area (TPSA) is 6.25 Å². The molecule has 0 bridgehead atoms. The Bertz CT molecular complexity index is 1930. The predicted molar refractivity (Wildman–Crippen MR) is 206 cm³/mol. The number of rotatable bonds is 11. The number of fused-ring (bicyclic) bond motifs is 6. The Morgan fingerprint density at radius 3 is 2.21 bits per heavy atom. The van der Waals surface area contributed by atoms with Gasteiger partial charge in [0.2, 0.25) is 5.69 Å². The third-order valence-corrected chi connectivity index (χ3v) is 11.1. The van der Waals surface area contributed by atoms with Crippen LogP contribution in [0.15, 0.2) is 121 Å². The second-order valence-electron chi connectivity index (χ2n) is 14.4. The molecule has 0 saturated heterocycles. The van der Waals surface area contributed by atoms with E-state index in [0.717, 1.165) is 32.1 Å². The molecule has 0 aromatic heterocycles. The third kappa shape index (κ3) is 6.25. The summed E-state index contributed by atoms with van der Waals surface area (Å²) in [6.07, 6.45) is 21.3. The summed E-state index contributed by atoms with van der Waals surface area (Å²) in [7, 11) is 4.44. The van der Waals surface area contributed by atoms with Crippen LogP contribution >= 0.6 is 11.6 Å². The second kappa shape index (κ2) is 13.7. The Morgan fingerprint density at radius 2 is 1.49 bits per heavy atom. The van der Waals surface area contributed by atoms with Gasteiger partial charge in [0.05, 0.1) is 5.41 Å². The van der Waals surface area contributed by atoms with Gasteiger partial charge in [-0.3, -0.25) is 0 Å². The Hall–Kier alpha value is -3.88. The van der Waals surface area contributed by atoms with Crippen molar-refractivity contribution in [2.45, 2.75) is 76.7 Å². The number of benzene rings is 4. The number of allylic oxidation sites excluding steroid dienone is 7. The van der Waals surface area contributed by atoms with Gasteiger partial charge in [-0.15, -0.1) is 11.6 Å². The Morgan fingerprint density at radius 1 is 0.809 bits per heavy atom. The Kier molecular flexibility index (Phi) is 9.62. The molecule has 1 atom stereocenters. The number of halogens is 1. The molecule has 0 fully saturated rings. The van der Waals surface area contributed by atoms with Crippen molar-refractivity contribution >= 4 is 50.2 Å². The summed E-state index contributed by atoms with van der Waals surface area (Å²) in [5.74, 6) is 0.592. The molecule has 4 aromatic rings. The highest BCUT2D eigenvalue weighted by atomic mass is 35.5. The van der Waals surface area contributed by atoms with E-state index in [0.29, 0.717) is 11.9 Å². The largest absolute Gasteiger partial charge is 0.370 e. The van der Waals surface area contributed by atoms with Crippen LogP contribution in [0.5, 0.6) is 0 Å². The lowest BCUT2D eigenvalue weighted by Gasteiger charge is -2.31. The summed E-state index contributed by atoms with van der Waals surface area (Å²) >= 11 is 6.36. The van der Waals surface area contributed by atoms with E-state index in [1.807, 2.05) is 0 Å². The van der Waals surface area contributed by atoms with Crippen LogP contribution in [0.2, 0.25) is 0 Å². The third-order valence-electron chi connectivity index (χ3n) is 10.7. The minimum atomic E-state index is -0.0445. The van der Waals surface area contributed by atoms with E-state index in [4.69, 9.17) is 11.6 Å². The number of hydrogen-bond acceptors (Lipinski definition) is 1. The lowest BCUT2D eigenvalue weighted by Crippen LogP contribution is -2.38. The fourth-order valence-corrected chi connectivity index (χ4v) is 8.46. The summed E-state index contributed by atoms with van der Waals surface area (Å²) in [6.45, 7) is 9.49. The van der Waals surface area contributed by atoms with Gasteiger partial charge in [-0.25, -0.2) is 0 Å². The molecule has 0 saturated carbocycles. The number of likely N-dealkylation sites (N-methyl/N-ethyl adjacent to an activating group) is 1. The van der Waals surface area contributed by atoms with Crippen LogP contribution in [-0.2, 0) is 10.8 Å². The first-order chi connectivity index (χ1) is 22.7. The molecule has 0 spiro atoms. The first-order valence-corrected chi connectivity index (χ1v) is 17.8. The van der Waals surface area contributed by atoms with E-state index >= 15 is 0 Å². The first-order valence-electron chi connectivity index (χ1n) is 17.3. The zero-order chi connectivity index (χ0) is 33.2. The van der Waals surface area contributed by atoms with Crippen molar-refractivity contribution in [3.05, 3.63) is 132 Å². The molecule has 0 N–H and O–H groups in total. The molecule has 2 aliphatic heterocycles. The van der Waals surface area contributed by atoms with Crippen LogP contribution in [-0.4, -0.2) is 36.3 Å². The Labute approximate surface area is 287 Å². The number of hydrogen-bond donors (Lipinski definition) is 0. The van der Waals surface area contributed by atoms with Crippen LogP contribution in [0.1, 0.15) is 70.9 Å². The minimum absolute atomic E-state index is 0.0445. The summed E-state index contributed by atoms with van der Waals surface area (Å²) in [5, 5.41) is 5.37. The van der Waals surface area contributed by atoms with Crippen molar-refractivity contribution < 1.29 is 4.58 Å². The van der Waals surface area contributed by atoms with Gasteiger partial charge in [0.15, 0.2) is 5.71 Å². The van der Waals surface area contributed by atoms with Gasteiger partial charge in [0, 0.05) is 47.8 Å². The van der Waals surface area contributed by atoms with Crippen LogP contribution in [0, 0.1) is 0 Å². The molecule has 2 aliphatic rings. The van der Waals surface area contributed by atoms with E-state index in [2.05, 4.69) is 167 Å². The van der Waals surface area contributed by atoms with Gasteiger partial charge >= 0.3 is 0 Å². The van der Waals surface area contributed by atoms with Gasteiger partial charge in [-0.2, -0.15) is 4.58 Å². The smallest absolute Gasteiger partial charge is 0.210 e. The molecule has 242 valence electrons. The Balaban J connectivity index is 0.984. The maximum atomic E-state index is 6.36. The molecular formula is C44H50ClN2+. The monoisotopic (exact) mass is 641 g/mol. The van der Waals surface area contributed by atoms with Crippen LogP contribution in [0.25, 0.3) is 21.5 Å². The van der Waals surface area contributed by atoms with Crippen molar-refractivity contribution in [1.82, 2.24) is 0 Å². The lowest BCUT2D eigenvalue weighted by molar-refractivity contribution is -0.401. The van der Waals surface area contributed by atoms with Crippen molar-refractivity contribution in [1.29, 1.82) is 0 Å². The average Bonchev–Trinajstić information content (AvgIpc) is 3.40. The highest BCUT2D eigenvalue weighted by molar-refractivity contribution is 6.19. The molecular weight excluding hydrogens is 592 g/mol. The van der Waals surface area contributed by atoms with Crippen LogP contribution in [0.3, 0.4) is 0 Å². The molecule has 47 heavy (non-hydrogen) atoms. The highest BCUT2D eigenvalue weighted by Gasteiger charge is 2.44. The fourth-order valence-electron chi connectivity index (χ4n) is 8.24. The van der Waals surface area contributed by atoms with Crippen molar-refractivity contribution in [3.8, 4) is 0 Å². The molecule has 0 radical (unpaired) electrons. The fraction of sp³-hybridized carbons (Fsp3) is 0.341. The maximum Gasteiger partial charge on any atom is 0.210 e. The van der Waals surface area contributed by atoms with E-state index < -0.39 is 0 Å². The minimum Gasteiger partial charge on any atom is -0.370 e. The van der Waals surface area contributed by atoms with Gasteiger partial charge in [-0.1, -0.05) is 110 Å². The molecule has 6 rings (SSSR count). The molecule has 4 aromatic carbocycles. The van der Waals surface area contributed by atoms with E-state index in [9.17, 15) is 0 Å². The van der Waals surface area contributed by atoms with Gasteiger partial charge in [-0.05, 0) is 85.2 Å². The van der Waals surface area contributed by atoms with Gasteiger partial charge < -0.3 is 4.90 Å². The maximum absolute atomic E-state index is 6.36. The number of anilines is 1. The van der Waals surface area contributed by atoms with E-state index in [-0.39, 0.29) is 10.8 Å². The molecule has 3 heteroatoms. The number of unbranched alkanes of at least 4 members (excludes halogenated alkanes) is 2. The standard InChI is InChI=1S/C44H50ClN2/c1-43(2)39(46(5)37-29-27-33-21-14-16-23-35(33)41(37)43)25-12-10-8-7-9-11-19-32(31-45)20-13-18-26-40-44(3,4)42-36-24-17-15-22-34(36)28-30-38(42)47(40)6/h8,10,12-18,20-25,27-30,40H,7,9,11,19,26,31H2,1-6H3/q+1. The predicted octanol–water partition coefficient (Wildman–Crippen LogP) is 11.6. The molecule has 0 aliphatic carbocycles. The zero-order valence-corrected chi connectivity index (χ0v) is 29.8. The van der Waals surface area contributed by atoms with E-state index in [1.165, 1.54) is 55.3 Å². The van der Waals surface area contributed by atoms with Gasteiger partial charge in [0.1, 0.15) is 7.05 Å². The molecule has 2 nitrogen and oxygen atoms in total. The molecule has 0 amide bonds. The molecule has 1 unspecified atom stereocenters. The summed E-state index contributed by atoms with van der Waals surface area (Å²) in [6, 6.07) is 27.0. The quantitative estimate of drug-likeness (QED) is 0.0683. The van der Waals surface area contributed by atoms with Crippen molar-refractivity contribution in [2.75, 3.05) is 24.9 Å². The average molecular weight is 642 g/mol. The zero-order valence-electron chi connectivity index (χ0n) is 29.1. The van der Waals surface area contributed by atoms with Crippen LogP contribution in [0.4, 0.5) is 11.4 Å². The summed E-state index contributed by atoms with van der Waals surface area (Å²) in [5.41, 5.74) is 8.25. The number of nitrogens with zero attached hydrogens (tertiary/aromatic N) is 2. The van der Waals surface area contributed by atoms with E-state index in [1.54, 1.807) is 0 Å². The SMILES string of the molecule is CN1c2ccc3ccccc3c2C(C)(C)C1CC=CC=C(CCl)CCCCC=CC=CC1=[N+](C)c2ccc3ccccc3c2C1(C)C. The summed E-state index contributed by atoms with van der Waals surface area (Å²) < 4.78 is 2.36. The summed E-state index contributed by atoms with van der Waals surface area (Å²) in [4.78, 5) is 2.48.